The number of hydrogen-bond acceptors (Lipinski definition) is 3. The van der Waals surface area contributed by atoms with Crippen LogP contribution >= 0.6 is 0 Å². The lowest BCUT2D eigenvalue weighted by Crippen LogP contribution is -2.39. The van der Waals surface area contributed by atoms with E-state index in [0.717, 1.165) is 50.7 Å². The summed E-state index contributed by atoms with van der Waals surface area (Å²) >= 11 is 0. The fourth-order valence-corrected chi connectivity index (χ4v) is 2.16. The van der Waals surface area contributed by atoms with Gasteiger partial charge in [-0.25, -0.2) is 0 Å². The SMILES string of the molecule is CN=C(NCCCN(C)C)NCCCn1nc(C)cc1C. The van der Waals surface area contributed by atoms with Crippen molar-refractivity contribution < 1.29 is 0 Å². The van der Waals surface area contributed by atoms with Gasteiger partial charge in [-0.05, 0) is 53.4 Å². The standard InChI is InChI=1S/C15H30N6/c1-13-12-14(2)21(19-13)11-7-9-18-15(16-3)17-8-6-10-20(4)5/h12H,6-11H2,1-5H3,(H2,16,17,18). The Kier molecular flexibility index (Phi) is 7.82. The van der Waals surface area contributed by atoms with E-state index in [0.29, 0.717) is 0 Å². The summed E-state index contributed by atoms with van der Waals surface area (Å²) in [6.45, 7) is 7.98. The molecule has 0 aromatic carbocycles. The van der Waals surface area contributed by atoms with Crippen molar-refractivity contribution in [3.05, 3.63) is 17.5 Å². The summed E-state index contributed by atoms with van der Waals surface area (Å²) in [4.78, 5) is 6.42. The van der Waals surface area contributed by atoms with Gasteiger partial charge in [0, 0.05) is 32.4 Å². The normalized spacial score (nSPS) is 12.0. The number of aromatic nitrogens is 2. The van der Waals surface area contributed by atoms with Gasteiger partial charge in [-0.2, -0.15) is 5.10 Å². The van der Waals surface area contributed by atoms with Gasteiger partial charge in [-0.3, -0.25) is 9.67 Å². The van der Waals surface area contributed by atoms with Crippen LogP contribution in [-0.2, 0) is 6.54 Å². The molecule has 0 radical (unpaired) electrons. The zero-order chi connectivity index (χ0) is 15.7. The molecule has 0 saturated carbocycles. The molecule has 2 N–H and O–H groups in total. The lowest BCUT2D eigenvalue weighted by Gasteiger charge is -2.13. The van der Waals surface area contributed by atoms with Crippen LogP contribution in [0.15, 0.2) is 11.1 Å². The Labute approximate surface area is 128 Å². The summed E-state index contributed by atoms with van der Waals surface area (Å²) < 4.78 is 2.06. The maximum atomic E-state index is 4.46. The minimum absolute atomic E-state index is 0.877. The van der Waals surface area contributed by atoms with Crippen LogP contribution in [0.25, 0.3) is 0 Å². The molecule has 21 heavy (non-hydrogen) atoms. The summed E-state index contributed by atoms with van der Waals surface area (Å²) in [7, 11) is 5.99. The van der Waals surface area contributed by atoms with Crippen molar-refractivity contribution in [1.82, 2.24) is 25.3 Å². The van der Waals surface area contributed by atoms with Crippen LogP contribution < -0.4 is 10.6 Å². The van der Waals surface area contributed by atoms with Gasteiger partial charge in [0.2, 0.25) is 0 Å². The van der Waals surface area contributed by atoms with E-state index < -0.39 is 0 Å². The molecule has 6 heteroatoms. The highest BCUT2D eigenvalue weighted by Gasteiger charge is 2.01. The Morgan fingerprint density at radius 3 is 2.43 bits per heavy atom. The van der Waals surface area contributed by atoms with Crippen molar-refractivity contribution in [2.24, 2.45) is 4.99 Å². The van der Waals surface area contributed by atoms with E-state index in [-0.39, 0.29) is 0 Å². The highest BCUT2D eigenvalue weighted by molar-refractivity contribution is 5.79. The number of aryl methyl sites for hydroxylation is 3. The number of guanidine groups is 1. The molecule has 0 spiro atoms. The molecule has 0 saturated heterocycles. The van der Waals surface area contributed by atoms with Crippen LogP contribution in [0.2, 0.25) is 0 Å². The van der Waals surface area contributed by atoms with Crippen molar-refractivity contribution in [1.29, 1.82) is 0 Å². The quantitative estimate of drug-likeness (QED) is 0.427. The Morgan fingerprint density at radius 2 is 1.90 bits per heavy atom. The molecule has 0 aliphatic rings. The molecule has 1 heterocycles. The molecule has 1 aromatic heterocycles. The van der Waals surface area contributed by atoms with Gasteiger partial charge in [0.1, 0.15) is 0 Å². The largest absolute Gasteiger partial charge is 0.356 e. The summed E-state index contributed by atoms with van der Waals surface area (Å²) in [5.41, 5.74) is 2.30. The van der Waals surface area contributed by atoms with Crippen molar-refractivity contribution in [2.75, 3.05) is 40.8 Å². The second-order valence-corrected chi connectivity index (χ2v) is 5.59. The van der Waals surface area contributed by atoms with Gasteiger partial charge in [0.25, 0.3) is 0 Å². The van der Waals surface area contributed by atoms with Crippen LogP contribution in [0.5, 0.6) is 0 Å². The van der Waals surface area contributed by atoms with Gasteiger partial charge >= 0.3 is 0 Å². The summed E-state index contributed by atoms with van der Waals surface area (Å²) in [5, 5.41) is 11.1. The van der Waals surface area contributed by atoms with E-state index in [2.05, 4.69) is 57.4 Å². The Hall–Kier alpha value is -1.56. The Balaban J connectivity index is 2.16. The van der Waals surface area contributed by atoms with E-state index >= 15 is 0 Å². The molecule has 1 aromatic rings. The van der Waals surface area contributed by atoms with E-state index in [4.69, 9.17) is 0 Å². The second kappa shape index (κ2) is 9.39. The highest BCUT2D eigenvalue weighted by Crippen LogP contribution is 2.02. The molecule has 0 unspecified atom stereocenters. The first-order valence-electron chi connectivity index (χ1n) is 7.63. The number of rotatable bonds is 8. The first kappa shape index (κ1) is 17.5. The van der Waals surface area contributed by atoms with Crippen molar-refractivity contribution >= 4 is 5.96 Å². The van der Waals surface area contributed by atoms with Gasteiger partial charge in [0.05, 0.1) is 5.69 Å². The smallest absolute Gasteiger partial charge is 0.190 e. The number of nitrogens with zero attached hydrogens (tertiary/aromatic N) is 4. The Bertz CT molecular complexity index is 435. The molecule has 0 aliphatic carbocycles. The molecule has 0 fully saturated rings. The summed E-state index contributed by atoms with van der Waals surface area (Å²) in [6.07, 6.45) is 2.14. The van der Waals surface area contributed by atoms with E-state index in [1.54, 1.807) is 0 Å². The van der Waals surface area contributed by atoms with Crippen LogP contribution in [0.3, 0.4) is 0 Å². The molecule has 120 valence electrons. The first-order valence-corrected chi connectivity index (χ1v) is 7.63. The third kappa shape index (κ3) is 7.13. The molecule has 1 rings (SSSR count). The third-order valence-corrected chi connectivity index (χ3v) is 3.24. The minimum Gasteiger partial charge on any atom is -0.356 e. The van der Waals surface area contributed by atoms with E-state index in [1.807, 2.05) is 14.0 Å². The van der Waals surface area contributed by atoms with Crippen LogP contribution in [0.1, 0.15) is 24.2 Å². The summed E-state index contributed by atoms with van der Waals surface area (Å²) in [6, 6.07) is 2.11. The zero-order valence-corrected chi connectivity index (χ0v) is 14.1. The molecule has 0 amide bonds. The Morgan fingerprint density at radius 1 is 1.24 bits per heavy atom. The monoisotopic (exact) mass is 294 g/mol. The average molecular weight is 294 g/mol. The fourth-order valence-electron chi connectivity index (χ4n) is 2.16. The third-order valence-electron chi connectivity index (χ3n) is 3.24. The predicted octanol–water partition coefficient (Wildman–Crippen LogP) is 1.01. The molecular formula is C15H30N6. The predicted molar refractivity (Wildman–Crippen MR) is 88.9 cm³/mol. The van der Waals surface area contributed by atoms with Gasteiger partial charge in [0.15, 0.2) is 5.96 Å². The maximum absolute atomic E-state index is 4.46. The topological polar surface area (TPSA) is 57.5 Å². The molecule has 0 aliphatic heterocycles. The average Bonchev–Trinajstić information content (AvgIpc) is 2.75. The molecule has 6 nitrogen and oxygen atoms in total. The molecule has 0 bridgehead atoms. The fraction of sp³-hybridized carbons (Fsp3) is 0.733. The van der Waals surface area contributed by atoms with Crippen molar-refractivity contribution in [2.45, 2.75) is 33.2 Å². The zero-order valence-electron chi connectivity index (χ0n) is 14.1. The van der Waals surface area contributed by atoms with Crippen LogP contribution in [0.4, 0.5) is 0 Å². The van der Waals surface area contributed by atoms with Gasteiger partial charge < -0.3 is 15.5 Å². The minimum atomic E-state index is 0.877. The van der Waals surface area contributed by atoms with Crippen molar-refractivity contribution in [3.8, 4) is 0 Å². The molecule has 0 atom stereocenters. The van der Waals surface area contributed by atoms with Gasteiger partial charge in [-0.1, -0.05) is 0 Å². The van der Waals surface area contributed by atoms with Crippen LogP contribution in [0, 0.1) is 13.8 Å². The van der Waals surface area contributed by atoms with Gasteiger partial charge in [-0.15, -0.1) is 0 Å². The van der Waals surface area contributed by atoms with E-state index in [1.165, 1.54) is 5.69 Å². The number of hydrogen-bond donors (Lipinski definition) is 2. The molecular weight excluding hydrogens is 264 g/mol. The maximum Gasteiger partial charge on any atom is 0.190 e. The lowest BCUT2D eigenvalue weighted by molar-refractivity contribution is 0.399. The number of nitrogens with one attached hydrogen (secondary N) is 2. The van der Waals surface area contributed by atoms with E-state index in [9.17, 15) is 0 Å². The van der Waals surface area contributed by atoms with Crippen LogP contribution in [-0.4, -0.2) is 61.4 Å². The first-order chi connectivity index (χ1) is 10.0. The second-order valence-electron chi connectivity index (χ2n) is 5.59. The van der Waals surface area contributed by atoms with Crippen molar-refractivity contribution in [3.63, 3.8) is 0 Å². The lowest BCUT2D eigenvalue weighted by atomic mass is 10.4. The number of aliphatic imine (C=N–C) groups is 1. The summed E-state index contributed by atoms with van der Waals surface area (Å²) in [5.74, 6) is 0.877. The highest BCUT2D eigenvalue weighted by atomic mass is 15.3.